The lowest BCUT2D eigenvalue weighted by Gasteiger charge is -2.04. The highest BCUT2D eigenvalue weighted by Crippen LogP contribution is 2.33. The molecule has 0 amide bonds. The summed E-state index contributed by atoms with van der Waals surface area (Å²) in [6.45, 7) is 4.31. The van der Waals surface area contributed by atoms with Gasteiger partial charge in [-0.15, -0.1) is 11.3 Å². The lowest BCUT2D eigenvalue weighted by molar-refractivity contribution is 0.416. The van der Waals surface area contributed by atoms with Crippen molar-refractivity contribution in [3.05, 3.63) is 35.3 Å². The lowest BCUT2D eigenvalue weighted by Crippen LogP contribution is -1.89. The number of nitrogens with zero attached hydrogens (tertiary/aromatic N) is 1. The van der Waals surface area contributed by atoms with Crippen molar-refractivity contribution in [2.24, 2.45) is 0 Å². The van der Waals surface area contributed by atoms with E-state index in [-0.39, 0.29) is 0 Å². The Labute approximate surface area is 99.9 Å². The third-order valence-electron chi connectivity index (χ3n) is 2.45. The number of methoxy groups -OCH3 is 1. The van der Waals surface area contributed by atoms with Gasteiger partial charge in [0, 0.05) is 5.38 Å². The molecule has 0 atom stereocenters. The normalized spacial score (nSPS) is 10.8. The predicted molar refractivity (Wildman–Crippen MR) is 68.2 cm³/mol. The fourth-order valence-corrected chi connectivity index (χ4v) is 2.51. The lowest BCUT2D eigenvalue weighted by atomic mass is 10.1. The van der Waals surface area contributed by atoms with E-state index >= 15 is 0 Å². The first kappa shape index (κ1) is 11.1. The van der Waals surface area contributed by atoms with E-state index in [0.717, 1.165) is 22.0 Å². The number of rotatable bonds is 3. The average Bonchev–Trinajstić information content (AvgIpc) is 2.78. The summed E-state index contributed by atoms with van der Waals surface area (Å²) in [5, 5.41) is 3.15. The SMILES string of the molecule is COc1ccccc1-c1nc(C(C)C)cs1. The first-order valence-electron chi connectivity index (χ1n) is 5.31. The third-order valence-corrected chi connectivity index (χ3v) is 3.34. The van der Waals surface area contributed by atoms with E-state index < -0.39 is 0 Å². The summed E-state index contributed by atoms with van der Waals surface area (Å²) in [6.07, 6.45) is 0. The van der Waals surface area contributed by atoms with Crippen molar-refractivity contribution in [1.82, 2.24) is 4.98 Å². The smallest absolute Gasteiger partial charge is 0.129 e. The van der Waals surface area contributed by atoms with E-state index in [1.807, 2.05) is 24.3 Å². The average molecular weight is 233 g/mol. The van der Waals surface area contributed by atoms with Crippen molar-refractivity contribution in [2.45, 2.75) is 19.8 Å². The number of thiazole rings is 1. The van der Waals surface area contributed by atoms with Gasteiger partial charge in [-0.3, -0.25) is 0 Å². The molecule has 0 bridgehead atoms. The maximum atomic E-state index is 5.34. The molecule has 1 heterocycles. The van der Waals surface area contributed by atoms with Crippen LogP contribution < -0.4 is 4.74 Å². The second kappa shape index (κ2) is 4.66. The second-order valence-corrected chi connectivity index (χ2v) is 4.79. The molecule has 0 aliphatic rings. The van der Waals surface area contributed by atoms with Crippen molar-refractivity contribution < 1.29 is 4.74 Å². The highest BCUT2D eigenvalue weighted by Gasteiger charge is 2.10. The van der Waals surface area contributed by atoms with Crippen LogP contribution in [0.1, 0.15) is 25.5 Å². The highest BCUT2D eigenvalue weighted by atomic mass is 32.1. The van der Waals surface area contributed by atoms with Crippen LogP contribution in [0, 0.1) is 0 Å². The number of ether oxygens (including phenoxy) is 1. The van der Waals surface area contributed by atoms with Crippen molar-refractivity contribution >= 4 is 11.3 Å². The molecule has 3 heteroatoms. The van der Waals surface area contributed by atoms with E-state index in [2.05, 4.69) is 24.2 Å². The molecule has 2 aromatic rings. The van der Waals surface area contributed by atoms with Gasteiger partial charge in [-0.25, -0.2) is 4.98 Å². The molecule has 0 aliphatic heterocycles. The fourth-order valence-electron chi connectivity index (χ4n) is 1.50. The minimum Gasteiger partial charge on any atom is -0.496 e. The Morgan fingerprint density at radius 1 is 1.25 bits per heavy atom. The van der Waals surface area contributed by atoms with Crippen LogP contribution in [-0.2, 0) is 0 Å². The molecular formula is C13H15NOS. The summed E-state index contributed by atoms with van der Waals surface area (Å²) in [7, 11) is 1.69. The maximum absolute atomic E-state index is 5.34. The van der Waals surface area contributed by atoms with Gasteiger partial charge in [0.25, 0.3) is 0 Å². The molecule has 2 rings (SSSR count). The number of aromatic nitrogens is 1. The van der Waals surface area contributed by atoms with E-state index in [1.54, 1.807) is 18.4 Å². The van der Waals surface area contributed by atoms with Crippen LogP contribution in [0.4, 0.5) is 0 Å². The Hall–Kier alpha value is -1.35. The number of hydrogen-bond donors (Lipinski definition) is 0. The molecule has 0 radical (unpaired) electrons. The molecule has 0 saturated carbocycles. The summed E-state index contributed by atoms with van der Waals surface area (Å²) < 4.78 is 5.34. The molecule has 1 aromatic carbocycles. The Morgan fingerprint density at radius 3 is 2.62 bits per heavy atom. The molecule has 0 spiro atoms. The Morgan fingerprint density at radius 2 is 2.00 bits per heavy atom. The molecule has 16 heavy (non-hydrogen) atoms. The molecular weight excluding hydrogens is 218 g/mol. The monoisotopic (exact) mass is 233 g/mol. The summed E-state index contributed by atoms with van der Waals surface area (Å²) in [6, 6.07) is 7.99. The van der Waals surface area contributed by atoms with Crippen LogP contribution >= 0.6 is 11.3 Å². The van der Waals surface area contributed by atoms with Gasteiger partial charge >= 0.3 is 0 Å². The maximum Gasteiger partial charge on any atom is 0.129 e. The van der Waals surface area contributed by atoms with Crippen molar-refractivity contribution in [1.29, 1.82) is 0 Å². The topological polar surface area (TPSA) is 22.1 Å². The molecule has 0 unspecified atom stereocenters. The zero-order chi connectivity index (χ0) is 11.5. The molecule has 1 aromatic heterocycles. The van der Waals surface area contributed by atoms with E-state index in [1.165, 1.54) is 0 Å². The molecule has 0 saturated heterocycles. The minimum atomic E-state index is 0.472. The second-order valence-electron chi connectivity index (χ2n) is 3.93. The Balaban J connectivity index is 2.42. The van der Waals surface area contributed by atoms with Gasteiger partial charge in [0.05, 0.1) is 18.4 Å². The summed E-state index contributed by atoms with van der Waals surface area (Å²) in [4.78, 5) is 4.63. The van der Waals surface area contributed by atoms with Crippen molar-refractivity contribution in [3.8, 4) is 16.3 Å². The molecule has 84 valence electrons. The quantitative estimate of drug-likeness (QED) is 0.801. The van der Waals surface area contributed by atoms with Crippen molar-refractivity contribution in [3.63, 3.8) is 0 Å². The fraction of sp³-hybridized carbons (Fsp3) is 0.308. The first-order valence-corrected chi connectivity index (χ1v) is 6.19. The van der Waals surface area contributed by atoms with Crippen molar-refractivity contribution in [2.75, 3.05) is 7.11 Å². The van der Waals surface area contributed by atoms with Crippen LogP contribution in [0.15, 0.2) is 29.6 Å². The van der Waals surface area contributed by atoms with E-state index in [0.29, 0.717) is 5.92 Å². The molecule has 0 fully saturated rings. The summed E-state index contributed by atoms with van der Waals surface area (Å²) in [5.41, 5.74) is 2.22. The van der Waals surface area contributed by atoms with Gasteiger partial charge in [0.2, 0.25) is 0 Å². The van der Waals surface area contributed by atoms with Crippen LogP contribution in [0.3, 0.4) is 0 Å². The number of para-hydroxylation sites is 1. The van der Waals surface area contributed by atoms with E-state index in [9.17, 15) is 0 Å². The largest absolute Gasteiger partial charge is 0.496 e. The molecule has 0 aliphatic carbocycles. The Kier molecular flexibility index (Phi) is 3.25. The van der Waals surface area contributed by atoms with Gasteiger partial charge < -0.3 is 4.74 Å². The van der Waals surface area contributed by atoms with Crippen LogP contribution in [0.2, 0.25) is 0 Å². The predicted octanol–water partition coefficient (Wildman–Crippen LogP) is 3.94. The van der Waals surface area contributed by atoms with Crippen LogP contribution in [0.5, 0.6) is 5.75 Å². The number of benzene rings is 1. The summed E-state index contributed by atoms with van der Waals surface area (Å²) >= 11 is 1.67. The zero-order valence-corrected chi connectivity index (χ0v) is 10.5. The Bertz CT molecular complexity index is 476. The van der Waals surface area contributed by atoms with E-state index in [4.69, 9.17) is 4.74 Å². The van der Waals surface area contributed by atoms with Gasteiger partial charge in [-0.05, 0) is 18.1 Å². The summed E-state index contributed by atoms with van der Waals surface area (Å²) in [5.74, 6) is 1.35. The standard InChI is InChI=1S/C13H15NOS/c1-9(2)11-8-16-13(14-11)10-6-4-5-7-12(10)15-3/h4-9H,1-3H3. The third kappa shape index (κ3) is 2.09. The van der Waals surface area contributed by atoms with Gasteiger partial charge in [0.1, 0.15) is 10.8 Å². The van der Waals surface area contributed by atoms with Gasteiger partial charge in [-0.1, -0.05) is 26.0 Å². The van der Waals surface area contributed by atoms with Crippen LogP contribution in [0.25, 0.3) is 10.6 Å². The van der Waals surface area contributed by atoms with Gasteiger partial charge in [0.15, 0.2) is 0 Å². The van der Waals surface area contributed by atoms with Gasteiger partial charge in [-0.2, -0.15) is 0 Å². The minimum absolute atomic E-state index is 0.472. The number of hydrogen-bond acceptors (Lipinski definition) is 3. The molecule has 2 nitrogen and oxygen atoms in total. The molecule has 0 N–H and O–H groups in total. The van der Waals surface area contributed by atoms with Crippen LogP contribution in [-0.4, -0.2) is 12.1 Å². The first-order chi connectivity index (χ1) is 7.72. The highest BCUT2D eigenvalue weighted by molar-refractivity contribution is 7.13. The zero-order valence-electron chi connectivity index (χ0n) is 9.73.